The Morgan fingerprint density at radius 2 is 1.81 bits per heavy atom. The highest BCUT2D eigenvalue weighted by Crippen LogP contribution is 2.11. The maximum Gasteiger partial charge on any atom is 0.269 e. The molecular weight excluding hydrogens is 309 g/mol. The number of hydrogen-bond donors (Lipinski definition) is 2. The number of amides is 1. The first-order chi connectivity index (χ1) is 9.31. The van der Waals surface area contributed by atoms with E-state index in [1.54, 1.807) is 6.07 Å². The maximum atomic E-state index is 11.9. The second-order valence-electron chi connectivity index (χ2n) is 4.40. The van der Waals surface area contributed by atoms with E-state index in [0.717, 1.165) is 30.4 Å². The van der Waals surface area contributed by atoms with Crippen molar-refractivity contribution in [2.75, 3.05) is 19.6 Å². The third-order valence-corrected chi connectivity index (χ3v) is 2.85. The van der Waals surface area contributed by atoms with Gasteiger partial charge in [-0.3, -0.25) is 4.79 Å². The van der Waals surface area contributed by atoms with Gasteiger partial charge in [0.1, 0.15) is 5.69 Å². The fraction of sp³-hybridized carbons (Fsp3) is 0.333. The van der Waals surface area contributed by atoms with Crippen LogP contribution in [0.2, 0.25) is 0 Å². The number of nitrogens with zero attached hydrogens (tertiary/aromatic N) is 1. The Morgan fingerprint density at radius 3 is 2.57 bits per heavy atom. The lowest BCUT2D eigenvalue weighted by atomic mass is 10.2. The van der Waals surface area contributed by atoms with E-state index in [-0.39, 0.29) is 30.7 Å². The van der Waals surface area contributed by atoms with E-state index in [4.69, 9.17) is 0 Å². The molecule has 0 fully saturated rings. The van der Waals surface area contributed by atoms with E-state index in [1.165, 1.54) is 0 Å². The summed E-state index contributed by atoms with van der Waals surface area (Å²) >= 11 is 0. The number of hydrogen-bond acceptors (Lipinski definition) is 3. The molecule has 0 atom stereocenters. The Labute approximate surface area is 137 Å². The summed E-state index contributed by atoms with van der Waals surface area (Å²) in [7, 11) is 0. The lowest BCUT2D eigenvalue weighted by molar-refractivity contribution is 0.0949. The van der Waals surface area contributed by atoms with Gasteiger partial charge in [-0.05, 0) is 25.1 Å². The standard InChI is InChI=1S/C15H19N3O.2ClH/c1-2-9-16-10-11-17-15(19)14-8-7-12-5-3-4-6-13(12)18-14;;/h3-8,16H,2,9-11H2,1H3,(H,17,19);2*1H. The summed E-state index contributed by atoms with van der Waals surface area (Å²) < 4.78 is 0. The second-order valence-corrected chi connectivity index (χ2v) is 4.40. The normalized spacial score (nSPS) is 9.57. The molecule has 2 rings (SSSR count). The highest BCUT2D eigenvalue weighted by Gasteiger charge is 2.06. The van der Waals surface area contributed by atoms with Gasteiger partial charge in [0.15, 0.2) is 0 Å². The molecule has 0 aliphatic carbocycles. The van der Waals surface area contributed by atoms with Gasteiger partial charge >= 0.3 is 0 Å². The van der Waals surface area contributed by atoms with Crippen LogP contribution in [0.5, 0.6) is 0 Å². The molecule has 0 aliphatic heterocycles. The van der Waals surface area contributed by atoms with Crippen LogP contribution >= 0.6 is 24.8 Å². The molecule has 21 heavy (non-hydrogen) atoms. The van der Waals surface area contributed by atoms with Crippen molar-refractivity contribution in [3.8, 4) is 0 Å². The smallest absolute Gasteiger partial charge is 0.269 e. The van der Waals surface area contributed by atoms with Gasteiger partial charge in [0.25, 0.3) is 5.91 Å². The molecule has 0 bridgehead atoms. The molecule has 6 heteroatoms. The van der Waals surface area contributed by atoms with E-state index in [2.05, 4.69) is 22.5 Å². The van der Waals surface area contributed by atoms with Gasteiger partial charge in [-0.2, -0.15) is 0 Å². The minimum atomic E-state index is -0.121. The molecule has 2 aromatic rings. The molecular formula is C15H21Cl2N3O. The van der Waals surface area contributed by atoms with Crippen LogP contribution in [0, 0.1) is 0 Å². The molecule has 2 N–H and O–H groups in total. The van der Waals surface area contributed by atoms with Gasteiger partial charge in [-0.25, -0.2) is 4.98 Å². The quantitative estimate of drug-likeness (QED) is 0.801. The monoisotopic (exact) mass is 329 g/mol. The first-order valence-electron chi connectivity index (χ1n) is 6.66. The number of nitrogens with one attached hydrogen (secondary N) is 2. The Bertz CT molecular complexity index is 563. The highest BCUT2D eigenvalue weighted by molar-refractivity contribution is 5.94. The fourth-order valence-corrected chi connectivity index (χ4v) is 1.85. The summed E-state index contributed by atoms with van der Waals surface area (Å²) in [6.07, 6.45) is 1.10. The molecule has 1 heterocycles. The van der Waals surface area contributed by atoms with Gasteiger partial charge < -0.3 is 10.6 Å². The molecule has 1 aromatic heterocycles. The minimum Gasteiger partial charge on any atom is -0.349 e. The number of rotatable bonds is 6. The summed E-state index contributed by atoms with van der Waals surface area (Å²) in [6, 6.07) is 11.5. The van der Waals surface area contributed by atoms with Crippen LogP contribution in [0.25, 0.3) is 10.9 Å². The zero-order valence-electron chi connectivity index (χ0n) is 12.0. The zero-order valence-corrected chi connectivity index (χ0v) is 13.6. The van der Waals surface area contributed by atoms with Gasteiger partial charge in [0.05, 0.1) is 5.52 Å². The third kappa shape index (κ3) is 5.87. The number of para-hydroxylation sites is 1. The lowest BCUT2D eigenvalue weighted by Gasteiger charge is -2.06. The van der Waals surface area contributed by atoms with E-state index in [0.29, 0.717) is 12.2 Å². The predicted octanol–water partition coefficient (Wildman–Crippen LogP) is 2.81. The van der Waals surface area contributed by atoms with Gasteiger partial charge in [0.2, 0.25) is 0 Å². The van der Waals surface area contributed by atoms with Crippen molar-refractivity contribution in [3.05, 3.63) is 42.1 Å². The van der Waals surface area contributed by atoms with Crippen molar-refractivity contribution < 1.29 is 4.79 Å². The molecule has 1 aromatic carbocycles. The van der Waals surface area contributed by atoms with Crippen molar-refractivity contribution in [1.82, 2.24) is 15.6 Å². The number of aromatic nitrogens is 1. The Morgan fingerprint density at radius 1 is 1.05 bits per heavy atom. The largest absolute Gasteiger partial charge is 0.349 e. The van der Waals surface area contributed by atoms with Crippen LogP contribution in [0.3, 0.4) is 0 Å². The number of halogens is 2. The van der Waals surface area contributed by atoms with Crippen molar-refractivity contribution in [3.63, 3.8) is 0 Å². The molecule has 0 unspecified atom stereocenters. The molecule has 116 valence electrons. The Kier molecular flexibility index (Phi) is 9.71. The molecule has 0 saturated heterocycles. The maximum absolute atomic E-state index is 11.9. The van der Waals surface area contributed by atoms with Crippen molar-refractivity contribution in [2.24, 2.45) is 0 Å². The number of pyridine rings is 1. The van der Waals surface area contributed by atoms with Crippen molar-refractivity contribution >= 4 is 41.6 Å². The second kappa shape index (κ2) is 10.4. The first-order valence-corrected chi connectivity index (χ1v) is 6.66. The van der Waals surface area contributed by atoms with Gasteiger partial charge in [0, 0.05) is 18.5 Å². The number of carbonyl (C=O) groups excluding carboxylic acids is 1. The van der Waals surface area contributed by atoms with Crippen LogP contribution in [0.15, 0.2) is 36.4 Å². The summed E-state index contributed by atoms with van der Waals surface area (Å²) in [5.74, 6) is -0.121. The van der Waals surface area contributed by atoms with Gasteiger partial charge in [-0.15, -0.1) is 24.8 Å². The SMILES string of the molecule is CCCNCCNC(=O)c1ccc2ccccc2n1.Cl.Cl. The van der Waals surface area contributed by atoms with E-state index >= 15 is 0 Å². The molecule has 0 saturated carbocycles. The van der Waals surface area contributed by atoms with Crippen LogP contribution in [-0.4, -0.2) is 30.5 Å². The first kappa shape index (κ1) is 19.6. The average molecular weight is 330 g/mol. The fourth-order valence-electron chi connectivity index (χ4n) is 1.85. The van der Waals surface area contributed by atoms with Crippen LogP contribution in [-0.2, 0) is 0 Å². The average Bonchev–Trinajstić information content (AvgIpc) is 2.46. The molecule has 0 radical (unpaired) electrons. The minimum absolute atomic E-state index is 0. The van der Waals surface area contributed by atoms with E-state index in [1.807, 2.05) is 30.3 Å². The van der Waals surface area contributed by atoms with Crippen molar-refractivity contribution in [2.45, 2.75) is 13.3 Å². The predicted molar refractivity (Wildman–Crippen MR) is 91.7 cm³/mol. The number of carbonyl (C=O) groups is 1. The third-order valence-electron chi connectivity index (χ3n) is 2.85. The summed E-state index contributed by atoms with van der Waals surface area (Å²) in [5, 5.41) is 7.14. The topological polar surface area (TPSA) is 54.0 Å². The number of fused-ring (bicyclic) bond motifs is 1. The van der Waals surface area contributed by atoms with Crippen LogP contribution < -0.4 is 10.6 Å². The molecule has 0 aliphatic rings. The summed E-state index contributed by atoms with van der Waals surface area (Å²) in [6.45, 7) is 4.50. The Hall–Kier alpha value is -1.36. The zero-order chi connectivity index (χ0) is 13.5. The molecule has 0 spiro atoms. The van der Waals surface area contributed by atoms with E-state index < -0.39 is 0 Å². The molecule has 4 nitrogen and oxygen atoms in total. The summed E-state index contributed by atoms with van der Waals surface area (Å²) in [4.78, 5) is 16.3. The summed E-state index contributed by atoms with van der Waals surface area (Å²) in [5.41, 5.74) is 1.31. The van der Waals surface area contributed by atoms with Crippen molar-refractivity contribution in [1.29, 1.82) is 0 Å². The van der Waals surface area contributed by atoms with Gasteiger partial charge in [-0.1, -0.05) is 31.2 Å². The highest BCUT2D eigenvalue weighted by atomic mass is 35.5. The lowest BCUT2D eigenvalue weighted by Crippen LogP contribution is -2.32. The Balaban J connectivity index is 0.00000200. The van der Waals surface area contributed by atoms with Crippen LogP contribution in [0.1, 0.15) is 23.8 Å². The molecule has 1 amide bonds. The number of benzene rings is 1. The van der Waals surface area contributed by atoms with E-state index in [9.17, 15) is 4.79 Å². The van der Waals surface area contributed by atoms with Crippen LogP contribution in [0.4, 0.5) is 0 Å².